The summed E-state index contributed by atoms with van der Waals surface area (Å²) in [7, 11) is 3.89. The molecule has 1 amide bonds. The van der Waals surface area contributed by atoms with Gasteiger partial charge < -0.3 is 10.2 Å². The Bertz CT molecular complexity index is 650. The summed E-state index contributed by atoms with van der Waals surface area (Å²) in [4.78, 5) is 18.3. The van der Waals surface area contributed by atoms with E-state index in [4.69, 9.17) is 0 Å². The molecule has 0 aliphatic heterocycles. The molecule has 7 heteroatoms. The smallest absolute Gasteiger partial charge is 0.291 e. The first kappa shape index (κ1) is 16.1. The maximum Gasteiger partial charge on any atom is 0.291 e. The minimum Gasteiger partial charge on any atom is -0.348 e. The zero-order valence-electron chi connectivity index (χ0n) is 13.2. The third kappa shape index (κ3) is 3.67. The van der Waals surface area contributed by atoms with E-state index in [1.54, 1.807) is 19.1 Å². The minimum absolute atomic E-state index is 0.104. The van der Waals surface area contributed by atoms with Crippen molar-refractivity contribution in [2.24, 2.45) is 0 Å². The van der Waals surface area contributed by atoms with Crippen LogP contribution in [0.25, 0.3) is 5.69 Å². The first-order valence-electron chi connectivity index (χ1n) is 7.02. The highest BCUT2D eigenvalue weighted by atomic mass is 19.1. The van der Waals surface area contributed by atoms with Crippen molar-refractivity contribution < 1.29 is 9.18 Å². The average Bonchev–Trinajstić information content (AvgIpc) is 2.87. The van der Waals surface area contributed by atoms with Crippen molar-refractivity contribution in [2.75, 3.05) is 20.6 Å². The molecular weight excluding hydrogens is 285 g/mol. The van der Waals surface area contributed by atoms with Crippen LogP contribution < -0.4 is 5.32 Å². The number of aromatic nitrogens is 3. The molecule has 0 fully saturated rings. The van der Waals surface area contributed by atoms with E-state index in [0.717, 1.165) is 0 Å². The maximum atomic E-state index is 13.0. The Morgan fingerprint density at radius 1 is 1.36 bits per heavy atom. The highest BCUT2D eigenvalue weighted by Crippen LogP contribution is 2.10. The minimum atomic E-state index is -0.322. The number of benzene rings is 1. The van der Waals surface area contributed by atoms with Crippen molar-refractivity contribution in [3.63, 3.8) is 0 Å². The van der Waals surface area contributed by atoms with E-state index in [0.29, 0.717) is 18.1 Å². The molecule has 1 aromatic carbocycles. The molecule has 118 valence electrons. The highest BCUT2D eigenvalue weighted by Gasteiger charge is 2.16. The SMILES string of the molecule is Cc1nc(C(=O)NC[C@@H](C)N(C)C)nn1-c1ccc(F)cc1. The third-order valence-corrected chi connectivity index (χ3v) is 3.48. The molecule has 1 atom stereocenters. The molecule has 1 heterocycles. The van der Waals surface area contributed by atoms with Gasteiger partial charge in [-0.1, -0.05) is 0 Å². The second kappa shape index (κ2) is 6.65. The number of hydrogen-bond acceptors (Lipinski definition) is 4. The Balaban J connectivity index is 2.12. The molecule has 0 bridgehead atoms. The van der Waals surface area contributed by atoms with Gasteiger partial charge in [-0.15, -0.1) is 5.10 Å². The van der Waals surface area contributed by atoms with Crippen molar-refractivity contribution in [3.8, 4) is 5.69 Å². The van der Waals surface area contributed by atoms with Gasteiger partial charge in [-0.05, 0) is 52.2 Å². The largest absolute Gasteiger partial charge is 0.348 e. The number of rotatable bonds is 5. The van der Waals surface area contributed by atoms with Gasteiger partial charge in [0.1, 0.15) is 11.6 Å². The number of amides is 1. The van der Waals surface area contributed by atoms with Gasteiger partial charge in [0.2, 0.25) is 5.82 Å². The zero-order chi connectivity index (χ0) is 16.3. The molecule has 0 saturated carbocycles. The van der Waals surface area contributed by atoms with E-state index in [9.17, 15) is 9.18 Å². The lowest BCUT2D eigenvalue weighted by atomic mass is 10.3. The van der Waals surface area contributed by atoms with E-state index in [1.165, 1.54) is 16.8 Å². The van der Waals surface area contributed by atoms with Gasteiger partial charge >= 0.3 is 0 Å². The van der Waals surface area contributed by atoms with Gasteiger partial charge in [0.25, 0.3) is 5.91 Å². The topological polar surface area (TPSA) is 63.1 Å². The fourth-order valence-electron chi connectivity index (χ4n) is 1.82. The van der Waals surface area contributed by atoms with Crippen molar-refractivity contribution in [1.29, 1.82) is 0 Å². The Hall–Kier alpha value is -2.28. The van der Waals surface area contributed by atoms with E-state index >= 15 is 0 Å². The van der Waals surface area contributed by atoms with E-state index < -0.39 is 0 Å². The van der Waals surface area contributed by atoms with Crippen molar-refractivity contribution in [2.45, 2.75) is 19.9 Å². The number of nitrogens with zero attached hydrogens (tertiary/aromatic N) is 4. The number of aryl methyl sites for hydroxylation is 1. The summed E-state index contributed by atoms with van der Waals surface area (Å²) >= 11 is 0. The zero-order valence-corrected chi connectivity index (χ0v) is 13.2. The van der Waals surface area contributed by atoms with Crippen LogP contribution in [0.3, 0.4) is 0 Å². The van der Waals surface area contributed by atoms with Gasteiger partial charge in [0, 0.05) is 12.6 Å². The fourth-order valence-corrected chi connectivity index (χ4v) is 1.82. The standard InChI is InChI=1S/C15H20FN5O/c1-10(20(3)4)9-17-15(22)14-18-11(2)21(19-14)13-7-5-12(16)6-8-13/h5-8,10H,9H2,1-4H3,(H,17,22)/t10-/m1/s1. The number of likely N-dealkylation sites (N-methyl/N-ethyl adjacent to an activating group) is 1. The molecule has 0 aliphatic carbocycles. The molecule has 6 nitrogen and oxygen atoms in total. The highest BCUT2D eigenvalue weighted by molar-refractivity contribution is 5.90. The summed E-state index contributed by atoms with van der Waals surface area (Å²) in [5, 5.41) is 6.99. The van der Waals surface area contributed by atoms with Crippen LogP contribution in [-0.4, -0.2) is 52.3 Å². The Kier molecular flexibility index (Phi) is 4.87. The first-order valence-corrected chi connectivity index (χ1v) is 7.02. The molecule has 22 heavy (non-hydrogen) atoms. The Labute approximate surface area is 129 Å². The van der Waals surface area contributed by atoms with Gasteiger partial charge in [-0.3, -0.25) is 4.79 Å². The fraction of sp³-hybridized carbons (Fsp3) is 0.400. The van der Waals surface area contributed by atoms with Gasteiger partial charge in [-0.2, -0.15) is 0 Å². The molecule has 0 radical (unpaired) electrons. The maximum absolute atomic E-state index is 13.0. The summed E-state index contributed by atoms with van der Waals surface area (Å²) in [6, 6.07) is 6.08. The summed E-state index contributed by atoms with van der Waals surface area (Å²) in [6.07, 6.45) is 0. The van der Waals surface area contributed by atoms with E-state index in [2.05, 4.69) is 15.4 Å². The molecule has 0 spiro atoms. The van der Waals surface area contributed by atoms with Crippen LogP contribution in [0, 0.1) is 12.7 Å². The number of halogens is 1. The van der Waals surface area contributed by atoms with E-state index in [1.807, 2.05) is 25.9 Å². The van der Waals surface area contributed by atoms with E-state index in [-0.39, 0.29) is 23.6 Å². The van der Waals surface area contributed by atoms with Crippen LogP contribution >= 0.6 is 0 Å². The van der Waals surface area contributed by atoms with Gasteiger partial charge in [-0.25, -0.2) is 14.1 Å². The predicted molar refractivity (Wildman–Crippen MR) is 81.5 cm³/mol. The van der Waals surface area contributed by atoms with Crippen LogP contribution in [-0.2, 0) is 0 Å². The van der Waals surface area contributed by atoms with Crippen LogP contribution in [0.1, 0.15) is 23.4 Å². The van der Waals surface area contributed by atoms with Crippen LogP contribution in [0.15, 0.2) is 24.3 Å². The monoisotopic (exact) mass is 305 g/mol. The average molecular weight is 305 g/mol. The Morgan fingerprint density at radius 3 is 2.59 bits per heavy atom. The molecular formula is C15H20FN5O. The third-order valence-electron chi connectivity index (χ3n) is 3.48. The van der Waals surface area contributed by atoms with Crippen molar-refractivity contribution in [3.05, 3.63) is 41.7 Å². The van der Waals surface area contributed by atoms with Gasteiger partial charge in [0.05, 0.1) is 5.69 Å². The molecule has 1 N–H and O–H groups in total. The summed E-state index contributed by atoms with van der Waals surface area (Å²) in [6.45, 7) is 4.27. The molecule has 0 unspecified atom stereocenters. The molecule has 1 aromatic heterocycles. The van der Waals surface area contributed by atoms with Crippen molar-refractivity contribution >= 4 is 5.91 Å². The van der Waals surface area contributed by atoms with Gasteiger partial charge in [0.15, 0.2) is 0 Å². The number of carbonyl (C=O) groups excluding carboxylic acids is 1. The normalized spacial score (nSPS) is 12.5. The predicted octanol–water partition coefficient (Wildman–Crippen LogP) is 1.39. The molecule has 0 saturated heterocycles. The quantitative estimate of drug-likeness (QED) is 0.907. The number of nitrogens with one attached hydrogen (secondary N) is 1. The number of carbonyl (C=O) groups is 1. The lowest BCUT2D eigenvalue weighted by Gasteiger charge is -2.19. The lowest BCUT2D eigenvalue weighted by Crippen LogP contribution is -2.38. The van der Waals surface area contributed by atoms with Crippen molar-refractivity contribution in [1.82, 2.24) is 25.0 Å². The molecule has 2 rings (SSSR count). The van der Waals surface area contributed by atoms with Crippen LogP contribution in [0.5, 0.6) is 0 Å². The second-order valence-electron chi connectivity index (χ2n) is 5.39. The van der Waals surface area contributed by atoms with Crippen LogP contribution in [0.4, 0.5) is 4.39 Å². The lowest BCUT2D eigenvalue weighted by molar-refractivity contribution is 0.0933. The first-order chi connectivity index (χ1) is 10.4. The molecule has 0 aliphatic rings. The second-order valence-corrected chi connectivity index (χ2v) is 5.39. The number of hydrogen-bond donors (Lipinski definition) is 1. The Morgan fingerprint density at radius 2 is 2.00 bits per heavy atom. The summed E-state index contributed by atoms with van der Waals surface area (Å²) < 4.78 is 14.5. The molecule has 2 aromatic rings. The van der Waals surface area contributed by atoms with Crippen LogP contribution in [0.2, 0.25) is 0 Å². The summed E-state index contributed by atoms with van der Waals surface area (Å²) in [5.74, 6) is 0.0278. The summed E-state index contributed by atoms with van der Waals surface area (Å²) in [5.41, 5.74) is 0.659.